The Morgan fingerprint density at radius 2 is 2.00 bits per heavy atom. The summed E-state index contributed by atoms with van der Waals surface area (Å²) in [5.74, 6) is 1.61. The maximum atomic E-state index is 12.8. The molecule has 0 aromatic heterocycles. The zero-order chi connectivity index (χ0) is 13.2. The fourth-order valence-electron chi connectivity index (χ4n) is 3.95. The van der Waals surface area contributed by atoms with Crippen molar-refractivity contribution in [2.75, 3.05) is 12.3 Å². The van der Waals surface area contributed by atoms with E-state index in [4.69, 9.17) is 0 Å². The van der Waals surface area contributed by atoms with Crippen LogP contribution in [-0.2, 0) is 4.79 Å². The number of carbonyl (C=O) groups excluding carboxylic acids is 1. The van der Waals surface area contributed by atoms with Crippen molar-refractivity contribution < 1.29 is 4.79 Å². The summed E-state index contributed by atoms with van der Waals surface area (Å²) in [4.78, 5) is 15.0. The molecule has 3 saturated heterocycles. The Balaban J connectivity index is 1.67. The number of nitrogens with zero attached hydrogens (tertiary/aromatic N) is 1. The summed E-state index contributed by atoms with van der Waals surface area (Å²) in [5, 5.41) is 3.95. The van der Waals surface area contributed by atoms with Crippen LogP contribution in [0.15, 0.2) is 0 Å². The number of hydrogen-bond donors (Lipinski definition) is 1. The number of fused-ring (bicyclic) bond motifs is 2. The standard InChI is InChI=1S/C15H26N2OS/c1-2-7-17(15(18)14-4-3-8-19-14)13-9-11-5-6-12(10-13)16-11/h11-14,16H,2-10H2,1H3. The van der Waals surface area contributed by atoms with E-state index in [1.807, 2.05) is 11.8 Å². The van der Waals surface area contributed by atoms with E-state index < -0.39 is 0 Å². The summed E-state index contributed by atoms with van der Waals surface area (Å²) in [6.45, 7) is 3.15. The van der Waals surface area contributed by atoms with Crippen LogP contribution in [0.25, 0.3) is 0 Å². The molecule has 2 bridgehead atoms. The number of rotatable bonds is 4. The molecule has 3 rings (SSSR count). The van der Waals surface area contributed by atoms with Gasteiger partial charge in [-0.15, -0.1) is 11.8 Å². The number of amides is 1. The summed E-state index contributed by atoms with van der Waals surface area (Å²) in [6, 6.07) is 1.85. The van der Waals surface area contributed by atoms with Crippen LogP contribution in [0.5, 0.6) is 0 Å². The van der Waals surface area contributed by atoms with Crippen LogP contribution in [0.3, 0.4) is 0 Å². The molecule has 3 heterocycles. The fraction of sp³-hybridized carbons (Fsp3) is 0.933. The zero-order valence-corrected chi connectivity index (χ0v) is 12.8. The summed E-state index contributed by atoms with van der Waals surface area (Å²) >= 11 is 1.88. The third-order valence-corrected chi connectivity index (χ3v) is 6.21. The minimum absolute atomic E-state index is 0.263. The zero-order valence-electron chi connectivity index (χ0n) is 11.9. The number of thioether (sulfide) groups is 1. The molecular formula is C15H26N2OS. The Hall–Kier alpha value is -0.220. The third kappa shape index (κ3) is 2.94. The lowest BCUT2D eigenvalue weighted by Crippen LogP contribution is -2.52. The lowest BCUT2D eigenvalue weighted by atomic mass is 9.97. The van der Waals surface area contributed by atoms with E-state index in [9.17, 15) is 4.79 Å². The number of piperidine rings is 1. The van der Waals surface area contributed by atoms with Crippen LogP contribution < -0.4 is 5.32 Å². The number of hydrogen-bond acceptors (Lipinski definition) is 3. The van der Waals surface area contributed by atoms with Gasteiger partial charge in [0.25, 0.3) is 0 Å². The first-order valence-corrected chi connectivity index (χ1v) is 9.01. The molecule has 3 nitrogen and oxygen atoms in total. The van der Waals surface area contributed by atoms with Crippen LogP contribution in [0, 0.1) is 0 Å². The molecular weight excluding hydrogens is 256 g/mol. The molecule has 3 fully saturated rings. The smallest absolute Gasteiger partial charge is 0.235 e. The van der Waals surface area contributed by atoms with Crippen LogP contribution in [0.2, 0.25) is 0 Å². The number of carbonyl (C=O) groups is 1. The lowest BCUT2D eigenvalue weighted by molar-refractivity contribution is -0.133. The van der Waals surface area contributed by atoms with Gasteiger partial charge in [0.1, 0.15) is 0 Å². The second-order valence-corrected chi connectivity index (χ2v) is 7.61. The molecule has 0 aromatic rings. The Morgan fingerprint density at radius 1 is 1.26 bits per heavy atom. The highest BCUT2D eigenvalue weighted by Crippen LogP contribution is 2.33. The molecule has 3 aliphatic heterocycles. The van der Waals surface area contributed by atoms with Gasteiger partial charge in [-0.3, -0.25) is 4.79 Å². The molecule has 4 heteroatoms. The average Bonchev–Trinajstić information content (AvgIpc) is 3.05. The van der Waals surface area contributed by atoms with Crippen LogP contribution in [0.4, 0.5) is 0 Å². The molecule has 0 saturated carbocycles. The molecule has 3 aliphatic rings. The summed E-state index contributed by atoms with van der Waals surface area (Å²) in [7, 11) is 0. The summed E-state index contributed by atoms with van der Waals surface area (Å²) in [6.07, 6.45) is 8.39. The largest absolute Gasteiger partial charge is 0.339 e. The van der Waals surface area contributed by atoms with Crippen molar-refractivity contribution in [3.63, 3.8) is 0 Å². The van der Waals surface area contributed by atoms with Gasteiger partial charge in [-0.2, -0.15) is 0 Å². The van der Waals surface area contributed by atoms with Crippen molar-refractivity contribution >= 4 is 17.7 Å². The predicted octanol–water partition coefficient (Wildman–Crippen LogP) is 2.40. The molecule has 1 N–H and O–H groups in total. The Morgan fingerprint density at radius 3 is 2.58 bits per heavy atom. The minimum atomic E-state index is 0.263. The van der Waals surface area contributed by atoms with E-state index in [2.05, 4.69) is 17.1 Å². The monoisotopic (exact) mass is 282 g/mol. The fourth-order valence-corrected chi connectivity index (χ4v) is 5.18. The number of nitrogens with one attached hydrogen (secondary N) is 1. The molecule has 0 radical (unpaired) electrons. The molecule has 3 unspecified atom stereocenters. The van der Waals surface area contributed by atoms with Gasteiger partial charge in [0.2, 0.25) is 5.91 Å². The molecule has 3 atom stereocenters. The topological polar surface area (TPSA) is 32.3 Å². The molecule has 0 aromatic carbocycles. The average molecular weight is 282 g/mol. The molecule has 0 aliphatic carbocycles. The van der Waals surface area contributed by atoms with Crippen molar-refractivity contribution in [1.82, 2.24) is 10.2 Å². The minimum Gasteiger partial charge on any atom is -0.339 e. The van der Waals surface area contributed by atoms with E-state index in [1.165, 1.54) is 37.9 Å². The van der Waals surface area contributed by atoms with Gasteiger partial charge in [-0.1, -0.05) is 6.92 Å². The maximum Gasteiger partial charge on any atom is 0.235 e. The Bertz CT molecular complexity index is 318. The van der Waals surface area contributed by atoms with E-state index in [1.54, 1.807) is 0 Å². The van der Waals surface area contributed by atoms with Crippen molar-refractivity contribution in [1.29, 1.82) is 0 Å². The van der Waals surface area contributed by atoms with Crippen LogP contribution in [0.1, 0.15) is 51.9 Å². The van der Waals surface area contributed by atoms with Crippen molar-refractivity contribution in [3.8, 4) is 0 Å². The van der Waals surface area contributed by atoms with E-state index in [0.29, 0.717) is 24.0 Å². The quantitative estimate of drug-likeness (QED) is 0.859. The van der Waals surface area contributed by atoms with E-state index >= 15 is 0 Å². The van der Waals surface area contributed by atoms with Gasteiger partial charge < -0.3 is 10.2 Å². The SMILES string of the molecule is CCCN(C(=O)C1CCCS1)C1CC2CCC(C1)N2. The van der Waals surface area contributed by atoms with E-state index in [-0.39, 0.29) is 5.25 Å². The van der Waals surface area contributed by atoms with Crippen molar-refractivity contribution in [3.05, 3.63) is 0 Å². The first-order chi connectivity index (χ1) is 9.28. The van der Waals surface area contributed by atoms with Gasteiger partial charge in [0, 0.05) is 24.7 Å². The van der Waals surface area contributed by atoms with Crippen molar-refractivity contribution in [2.24, 2.45) is 0 Å². The highest BCUT2D eigenvalue weighted by molar-refractivity contribution is 8.00. The lowest BCUT2D eigenvalue weighted by Gasteiger charge is -2.38. The van der Waals surface area contributed by atoms with Gasteiger partial charge in [0.15, 0.2) is 0 Å². The van der Waals surface area contributed by atoms with Crippen LogP contribution in [-0.4, -0.2) is 46.5 Å². The Kier molecular flexibility index (Phi) is 4.37. The highest BCUT2D eigenvalue weighted by Gasteiger charge is 2.39. The highest BCUT2D eigenvalue weighted by atomic mass is 32.2. The molecule has 19 heavy (non-hydrogen) atoms. The Labute approximate surface area is 120 Å². The van der Waals surface area contributed by atoms with Gasteiger partial charge in [-0.05, 0) is 50.7 Å². The van der Waals surface area contributed by atoms with E-state index in [0.717, 1.165) is 19.4 Å². The second-order valence-electron chi connectivity index (χ2n) is 6.30. The van der Waals surface area contributed by atoms with Crippen LogP contribution >= 0.6 is 11.8 Å². The van der Waals surface area contributed by atoms with Gasteiger partial charge in [0.05, 0.1) is 5.25 Å². The van der Waals surface area contributed by atoms with Gasteiger partial charge >= 0.3 is 0 Å². The maximum absolute atomic E-state index is 12.8. The predicted molar refractivity (Wildman–Crippen MR) is 80.5 cm³/mol. The van der Waals surface area contributed by atoms with Crippen molar-refractivity contribution in [2.45, 2.75) is 75.2 Å². The molecule has 108 valence electrons. The first-order valence-electron chi connectivity index (χ1n) is 7.96. The normalized spacial score (nSPS) is 37.5. The molecule has 1 amide bonds. The summed E-state index contributed by atoms with van der Waals surface area (Å²) in [5.41, 5.74) is 0. The van der Waals surface area contributed by atoms with Gasteiger partial charge in [-0.25, -0.2) is 0 Å². The second kappa shape index (κ2) is 6.04. The third-order valence-electron chi connectivity index (χ3n) is 4.84. The first kappa shape index (κ1) is 13.7. The molecule has 0 spiro atoms. The summed E-state index contributed by atoms with van der Waals surface area (Å²) < 4.78 is 0.